The van der Waals surface area contributed by atoms with Crippen molar-refractivity contribution in [1.29, 1.82) is 0 Å². The van der Waals surface area contributed by atoms with Crippen LogP contribution in [-0.4, -0.2) is 23.7 Å². The number of hydrogen-bond acceptors (Lipinski definition) is 2. The van der Waals surface area contributed by atoms with E-state index in [0.29, 0.717) is 11.8 Å². The minimum atomic E-state index is -0.108. The Morgan fingerprint density at radius 2 is 2.00 bits per heavy atom. The molecular weight excluding hydrogens is 238 g/mol. The van der Waals surface area contributed by atoms with Gasteiger partial charge in [-0.25, -0.2) is 0 Å². The Morgan fingerprint density at radius 3 is 2.63 bits per heavy atom. The zero-order valence-corrected chi connectivity index (χ0v) is 12.8. The average Bonchev–Trinajstić information content (AvgIpc) is 2.43. The summed E-state index contributed by atoms with van der Waals surface area (Å²) < 4.78 is 0. The van der Waals surface area contributed by atoms with Gasteiger partial charge < -0.3 is 10.4 Å². The zero-order chi connectivity index (χ0) is 14.3. The van der Waals surface area contributed by atoms with Crippen LogP contribution in [0.5, 0.6) is 0 Å². The summed E-state index contributed by atoms with van der Waals surface area (Å²) in [4.78, 5) is 11.9. The smallest absolute Gasteiger partial charge is 0.223 e. The van der Waals surface area contributed by atoms with Crippen molar-refractivity contribution < 1.29 is 9.90 Å². The molecule has 19 heavy (non-hydrogen) atoms. The third-order valence-electron chi connectivity index (χ3n) is 4.83. The lowest BCUT2D eigenvalue weighted by atomic mass is 9.83. The normalized spacial score (nSPS) is 26.7. The Morgan fingerprint density at radius 1 is 1.32 bits per heavy atom. The highest BCUT2D eigenvalue weighted by Crippen LogP contribution is 2.27. The molecule has 0 saturated heterocycles. The summed E-state index contributed by atoms with van der Waals surface area (Å²) in [6.07, 6.45) is 7.49. The lowest BCUT2D eigenvalue weighted by Crippen LogP contribution is -2.33. The number of aliphatic hydroxyl groups excluding tert-OH is 1. The van der Waals surface area contributed by atoms with Gasteiger partial charge in [-0.15, -0.1) is 0 Å². The van der Waals surface area contributed by atoms with Gasteiger partial charge in [0.25, 0.3) is 0 Å². The number of carbonyl (C=O) groups is 1. The van der Waals surface area contributed by atoms with Crippen molar-refractivity contribution in [2.24, 2.45) is 17.8 Å². The molecule has 0 aromatic rings. The minimum Gasteiger partial charge on any atom is -0.393 e. The molecule has 1 amide bonds. The van der Waals surface area contributed by atoms with E-state index in [9.17, 15) is 9.90 Å². The van der Waals surface area contributed by atoms with Crippen molar-refractivity contribution in [3.05, 3.63) is 0 Å². The molecule has 0 aliphatic heterocycles. The molecule has 0 heterocycles. The van der Waals surface area contributed by atoms with Crippen LogP contribution in [-0.2, 0) is 4.79 Å². The molecule has 1 aliphatic carbocycles. The summed E-state index contributed by atoms with van der Waals surface area (Å²) in [5.41, 5.74) is 0. The molecule has 1 saturated carbocycles. The fourth-order valence-corrected chi connectivity index (χ4v) is 2.87. The second-order valence-corrected chi connectivity index (χ2v) is 6.22. The predicted octanol–water partition coefficient (Wildman–Crippen LogP) is 3.12. The van der Waals surface area contributed by atoms with Crippen LogP contribution in [0, 0.1) is 17.8 Å². The molecule has 3 nitrogen and oxygen atoms in total. The first-order valence-corrected chi connectivity index (χ1v) is 8.02. The second kappa shape index (κ2) is 8.57. The Bertz CT molecular complexity index is 267. The van der Waals surface area contributed by atoms with Gasteiger partial charge in [-0.1, -0.05) is 40.0 Å². The summed E-state index contributed by atoms with van der Waals surface area (Å²) in [6, 6.07) is 0. The Labute approximate surface area is 118 Å². The average molecular weight is 269 g/mol. The van der Waals surface area contributed by atoms with Crippen LogP contribution in [0.15, 0.2) is 0 Å². The first-order valence-electron chi connectivity index (χ1n) is 8.02. The molecule has 4 atom stereocenters. The third kappa shape index (κ3) is 5.52. The highest BCUT2D eigenvalue weighted by molar-refractivity contribution is 5.78. The molecule has 0 radical (unpaired) electrons. The Kier molecular flexibility index (Phi) is 7.44. The van der Waals surface area contributed by atoms with Gasteiger partial charge in [-0.3, -0.25) is 4.79 Å². The quantitative estimate of drug-likeness (QED) is 0.698. The van der Waals surface area contributed by atoms with Gasteiger partial charge in [0, 0.05) is 12.5 Å². The van der Waals surface area contributed by atoms with Crippen molar-refractivity contribution in [1.82, 2.24) is 5.32 Å². The molecule has 0 aromatic carbocycles. The number of hydrogen-bond donors (Lipinski definition) is 2. The van der Waals surface area contributed by atoms with Gasteiger partial charge in [0.15, 0.2) is 0 Å². The third-order valence-corrected chi connectivity index (χ3v) is 4.83. The first kappa shape index (κ1) is 16.5. The standard InChI is InChI=1S/C16H31NO2/c1-4-12(2)13(3)16(19)17-11-7-9-14-8-5-6-10-15(14)18/h12-15,18H,4-11H2,1-3H3,(H,17,19). The van der Waals surface area contributed by atoms with Gasteiger partial charge in [0.2, 0.25) is 5.91 Å². The topological polar surface area (TPSA) is 49.3 Å². The number of amides is 1. The maximum atomic E-state index is 11.9. The predicted molar refractivity (Wildman–Crippen MR) is 78.8 cm³/mol. The van der Waals surface area contributed by atoms with E-state index in [2.05, 4.69) is 19.2 Å². The molecule has 1 fully saturated rings. The molecule has 1 rings (SSSR count). The van der Waals surface area contributed by atoms with Crippen LogP contribution < -0.4 is 5.32 Å². The molecule has 2 N–H and O–H groups in total. The van der Waals surface area contributed by atoms with Crippen molar-refractivity contribution in [2.75, 3.05) is 6.54 Å². The van der Waals surface area contributed by atoms with E-state index >= 15 is 0 Å². The highest BCUT2D eigenvalue weighted by atomic mass is 16.3. The number of aliphatic hydroxyl groups is 1. The van der Waals surface area contributed by atoms with Gasteiger partial charge in [-0.2, -0.15) is 0 Å². The van der Waals surface area contributed by atoms with E-state index in [1.807, 2.05) is 6.92 Å². The number of carbonyl (C=O) groups excluding carboxylic acids is 1. The Balaban J connectivity index is 2.14. The molecule has 1 aliphatic rings. The lowest BCUT2D eigenvalue weighted by Gasteiger charge is -2.27. The SMILES string of the molecule is CCC(C)C(C)C(=O)NCCCC1CCCCC1O. The van der Waals surface area contributed by atoms with Crippen molar-refractivity contribution in [3.63, 3.8) is 0 Å². The second-order valence-electron chi connectivity index (χ2n) is 6.22. The van der Waals surface area contributed by atoms with Crippen LogP contribution in [0.3, 0.4) is 0 Å². The first-order chi connectivity index (χ1) is 9.06. The van der Waals surface area contributed by atoms with Crippen LogP contribution in [0.25, 0.3) is 0 Å². The fourth-order valence-electron chi connectivity index (χ4n) is 2.87. The summed E-state index contributed by atoms with van der Waals surface area (Å²) in [5.74, 6) is 1.18. The van der Waals surface area contributed by atoms with Gasteiger partial charge in [-0.05, 0) is 37.5 Å². The molecular formula is C16H31NO2. The van der Waals surface area contributed by atoms with Crippen LogP contribution in [0.1, 0.15) is 65.7 Å². The largest absolute Gasteiger partial charge is 0.393 e. The summed E-state index contributed by atoms with van der Waals surface area (Å²) in [7, 11) is 0. The van der Waals surface area contributed by atoms with E-state index in [1.54, 1.807) is 0 Å². The lowest BCUT2D eigenvalue weighted by molar-refractivity contribution is -0.125. The Hall–Kier alpha value is -0.570. The van der Waals surface area contributed by atoms with Crippen molar-refractivity contribution in [3.8, 4) is 0 Å². The molecule has 112 valence electrons. The van der Waals surface area contributed by atoms with Crippen molar-refractivity contribution >= 4 is 5.91 Å². The monoisotopic (exact) mass is 269 g/mol. The molecule has 0 spiro atoms. The molecule has 3 heteroatoms. The maximum Gasteiger partial charge on any atom is 0.223 e. The van der Waals surface area contributed by atoms with E-state index in [-0.39, 0.29) is 17.9 Å². The summed E-state index contributed by atoms with van der Waals surface area (Å²) >= 11 is 0. The zero-order valence-electron chi connectivity index (χ0n) is 12.8. The van der Waals surface area contributed by atoms with E-state index < -0.39 is 0 Å². The molecule has 0 aromatic heterocycles. The highest BCUT2D eigenvalue weighted by Gasteiger charge is 2.22. The van der Waals surface area contributed by atoms with Crippen LogP contribution in [0.4, 0.5) is 0 Å². The summed E-state index contributed by atoms with van der Waals surface area (Å²) in [5, 5.41) is 12.9. The number of rotatable bonds is 7. The van der Waals surface area contributed by atoms with Gasteiger partial charge >= 0.3 is 0 Å². The van der Waals surface area contributed by atoms with Crippen LogP contribution >= 0.6 is 0 Å². The number of nitrogens with one attached hydrogen (secondary N) is 1. The maximum absolute atomic E-state index is 11.9. The van der Waals surface area contributed by atoms with Gasteiger partial charge in [0.1, 0.15) is 0 Å². The fraction of sp³-hybridized carbons (Fsp3) is 0.938. The summed E-state index contributed by atoms with van der Waals surface area (Å²) in [6.45, 7) is 7.01. The van der Waals surface area contributed by atoms with Crippen LogP contribution in [0.2, 0.25) is 0 Å². The molecule has 0 bridgehead atoms. The van der Waals surface area contributed by atoms with Crippen molar-refractivity contribution in [2.45, 2.75) is 71.8 Å². The van der Waals surface area contributed by atoms with E-state index in [0.717, 1.165) is 38.6 Å². The van der Waals surface area contributed by atoms with E-state index in [4.69, 9.17) is 0 Å². The minimum absolute atomic E-state index is 0.102. The van der Waals surface area contributed by atoms with Gasteiger partial charge in [0.05, 0.1) is 6.10 Å². The molecule has 4 unspecified atom stereocenters. The van der Waals surface area contributed by atoms with E-state index in [1.165, 1.54) is 12.8 Å².